The van der Waals surface area contributed by atoms with Crippen LogP contribution < -0.4 is 5.56 Å². The molecule has 0 N–H and O–H groups in total. The quantitative estimate of drug-likeness (QED) is 0.424. The molecule has 0 radical (unpaired) electrons. The molecule has 0 amide bonds. The number of benzene rings is 2. The maximum absolute atomic E-state index is 12.1. The molecular formula is C14H9N3O3S. The lowest BCUT2D eigenvalue weighted by Gasteiger charge is -1.93. The van der Waals surface area contributed by atoms with Crippen LogP contribution in [0.2, 0.25) is 0 Å². The fourth-order valence-electron chi connectivity index (χ4n) is 1.84. The second-order valence-corrected chi connectivity index (χ2v) is 5.23. The summed E-state index contributed by atoms with van der Waals surface area (Å²) in [4.78, 5) is 22.2. The molecule has 3 rings (SSSR count). The van der Waals surface area contributed by atoms with Crippen molar-refractivity contribution in [2.45, 2.75) is 0 Å². The minimum Gasteiger partial charge on any atom is -0.266 e. The highest BCUT2D eigenvalue weighted by Crippen LogP contribution is 2.16. The first-order valence-corrected chi connectivity index (χ1v) is 6.82. The molecule has 0 aliphatic rings. The molecule has 6 nitrogen and oxygen atoms in total. The maximum Gasteiger partial charge on any atom is 0.289 e. The van der Waals surface area contributed by atoms with Gasteiger partial charge in [-0.15, -0.1) is 4.07 Å². The first kappa shape index (κ1) is 13.2. The molecule has 104 valence electrons. The van der Waals surface area contributed by atoms with Crippen molar-refractivity contribution in [3.8, 4) is 0 Å². The molecule has 7 heteroatoms. The number of fused-ring (bicyclic) bond motifs is 1. The van der Waals surface area contributed by atoms with E-state index in [1.807, 2.05) is 12.1 Å². The first-order valence-electron chi connectivity index (χ1n) is 6.05. The summed E-state index contributed by atoms with van der Waals surface area (Å²) in [6.45, 7) is 0. The summed E-state index contributed by atoms with van der Waals surface area (Å²) in [6.07, 6.45) is 1.50. The largest absolute Gasteiger partial charge is 0.289 e. The van der Waals surface area contributed by atoms with Crippen LogP contribution in [-0.2, 0) is 0 Å². The Morgan fingerprint density at radius 2 is 1.86 bits per heavy atom. The van der Waals surface area contributed by atoms with E-state index in [0.717, 1.165) is 4.70 Å². The zero-order chi connectivity index (χ0) is 14.8. The molecule has 0 fully saturated rings. The van der Waals surface area contributed by atoms with Gasteiger partial charge in [-0.1, -0.05) is 12.1 Å². The van der Waals surface area contributed by atoms with Crippen LogP contribution in [0.1, 0.15) is 5.56 Å². The molecular weight excluding hydrogens is 290 g/mol. The summed E-state index contributed by atoms with van der Waals surface area (Å²) < 4.78 is 2.16. The number of non-ortho nitro benzene ring substituents is 1. The van der Waals surface area contributed by atoms with E-state index in [1.54, 1.807) is 24.3 Å². The average Bonchev–Trinajstić information content (AvgIpc) is 2.82. The zero-order valence-corrected chi connectivity index (χ0v) is 11.5. The Morgan fingerprint density at radius 3 is 2.52 bits per heavy atom. The topological polar surface area (TPSA) is 77.5 Å². The lowest BCUT2D eigenvalue weighted by Crippen LogP contribution is -2.08. The third-order valence-corrected chi connectivity index (χ3v) is 3.88. The normalized spacial score (nSPS) is 11.2. The monoisotopic (exact) mass is 299 g/mol. The number of hydrogen-bond acceptors (Lipinski definition) is 5. The number of nitro benzene ring substituents is 1. The molecule has 1 aromatic heterocycles. The number of rotatable bonds is 3. The molecule has 0 saturated heterocycles. The lowest BCUT2D eigenvalue weighted by molar-refractivity contribution is -0.384. The van der Waals surface area contributed by atoms with Crippen molar-refractivity contribution in [1.82, 2.24) is 4.07 Å². The Kier molecular flexibility index (Phi) is 3.33. The van der Waals surface area contributed by atoms with E-state index in [9.17, 15) is 14.9 Å². The summed E-state index contributed by atoms with van der Waals surface area (Å²) in [5.74, 6) is 0. The van der Waals surface area contributed by atoms with Gasteiger partial charge in [0.05, 0.1) is 21.2 Å². The molecule has 1 heterocycles. The number of aromatic nitrogens is 1. The number of nitrogens with zero attached hydrogens (tertiary/aromatic N) is 3. The van der Waals surface area contributed by atoms with Crippen molar-refractivity contribution >= 4 is 33.5 Å². The SMILES string of the molecule is O=c1c2ccccc2sn1/N=C/c1ccc([N+](=O)[O-])cc1. The smallest absolute Gasteiger partial charge is 0.266 e. The first-order chi connectivity index (χ1) is 10.1. The molecule has 0 spiro atoms. The molecule has 0 aliphatic heterocycles. The molecule has 0 bridgehead atoms. The van der Waals surface area contributed by atoms with E-state index in [2.05, 4.69) is 5.10 Å². The lowest BCUT2D eigenvalue weighted by atomic mass is 10.2. The van der Waals surface area contributed by atoms with E-state index in [-0.39, 0.29) is 11.2 Å². The van der Waals surface area contributed by atoms with Crippen molar-refractivity contribution in [3.05, 3.63) is 74.6 Å². The van der Waals surface area contributed by atoms with Gasteiger partial charge in [-0.2, -0.15) is 5.10 Å². The summed E-state index contributed by atoms with van der Waals surface area (Å²) in [6, 6.07) is 13.2. The van der Waals surface area contributed by atoms with Crippen LogP contribution in [0, 0.1) is 10.1 Å². The Labute approximate surface area is 122 Å². The van der Waals surface area contributed by atoms with E-state index in [1.165, 1.54) is 33.9 Å². The minimum atomic E-state index is -0.461. The van der Waals surface area contributed by atoms with Crippen molar-refractivity contribution in [3.63, 3.8) is 0 Å². The molecule has 3 aromatic rings. The van der Waals surface area contributed by atoms with Crippen LogP contribution in [0.3, 0.4) is 0 Å². The summed E-state index contributed by atoms with van der Waals surface area (Å²) >= 11 is 1.25. The highest BCUT2D eigenvalue weighted by molar-refractivity contribution is 7.13. The van der Waals surface area contributed by atoms with Gasteiger partial charge in [-0.25, -0.2) is 0 Å². The van der Waals surface area contributed by atoms with Crippen LogP contribution in [-0.4, -0.2) is 15.2 Å². The van der Waals surface area contributed by atoms with Crippen LogP contribution in [0.4, 0.5) is 5.69 Å². The van der Waals surface area contributed by atoms with Crippen molar-refractivity contribution < 1.29 is 4.92 Å². The Hall–Kier alpha value is -2.80. The Balaban J connectivity index is 1.92. The van der Waals surface area contributed by atoms with E-state index < -0.39 is 4.92 Å². The van der Waals surface area contributed by atoms with Gasteiger partial charge in [-0.05, 0) is 41.4 Å². The van der Waals surface area contributed by atoms with Gasteiger partial charge in [0.1, 0.15) is 0 Å². The number of nitro groups is 1. The van der Waals surface area contributed by atoms with Crippen LogP contribution in [0.5, 0.6) is 0 Å². The second kappa shape index (κ2) is 5.29. The van der Waals surface area contributed by atoms with Crippen molar-refractivity contribution in [1.29, 1.82) is 0 Å². The maximum atomic E-state index is 12.1. The third kappa shape index (κ3) is 2.59. The fraction of sp³-hybridized carbons (Fsp3) is 0. The van der Waals surface area contributed by atoms with Crippen molar-refractivity contribution in [2.75, 3.05) is 0 Å². The van der Waals surface area contributed by atoms with Gasteiger partial charge < -0.3 is 0 Å². The van der Waals surface area contributed by atoms with Crippen LogP contribution in [0.15, 0.2) is 58.4 Å². The predicted molar refractivity (Wildman–Crippen MR) is 82.2 cm³/mol. The average molecular weight is 299 g/mol. The highest BCUT2D eigenvalue weighted by Gasteiger charge is 2.05. The third-order valence-electron chi connectivity index (χ3n) is 2.89. The molecule has 0 unspecified atom stereocenters. The Morgan fingerprint density at radius 1 is 1.14 bits per heavy atom. The Bertz CT molecular complexity index is 894. The van der Waals surface area contributed by atoms with Gasteiger partial charge in [0.15, 0.2) is 0 Å². The van der Waals surface area contributed by atoms with Gasteiger partial charge in [0.2, 0.25) is 0 Å². The van der Waals surface area contributed by atoms with E-state index >= 15 is 0 Å². The predicted octanol–water partition coefficient (Wildman–Crippen LogP) is 2.85. The summed E-state index contributed by atoms with van der Waals surface area (Å²) in [7, 11) is 0. The molecule has 21 heavy (non-hydrogen) atoms. The molecule has 0 saturated carbocycles. The summed E-state index contributed by atoms with van der Waals surface area (Å²) in [5.41, 5.74) is 0.532. The second-order valence-electron chi connectivity index (χ2n) is 4.26. The molecule has 0 atom stereocenters. The zero-order valence-electron chi connectivity index (χ0n) is 10.7. The van der Waals surface area contributed by atoms with Gasteiger partial charge in [0.25, 0.3) is 11.2 Å². The molecule has 2 aromatic carbocycles. The summed E-state index contributed by atoms with van der Waals surface area (Å²) in [5, 5.41) is 15.3. The van der Waals surface area contributed by atoms with Crippen LogP contribution in [0.25, 0.3) is 10.1 Å². The van der Waals surface area contributed by atoms with Gasteiger partial charge in [0, 0.05) is 12.1 Å². The van der Waals surface area contributed by atoms with Gasteiger partial charge in [-0.3, -0.25) is 14.9 Å². The number of hydrogen-bond donors (Lipinski definition) is 0. The van der Waals surface area contributed by atoms with Crippen LogP contribution >= 0.6 is 11.5 Å². The standard InChI is InChI=1S/C14H9N3O3S/c18-14-12-3-1-2-4-13(12)21-16(14)15-9-10-5-7-11(8-6-10)17(19)20/h1-9H/b15-9+. The van der Waals surface area contributed by atoms with Gasteiger partial charge >= 0.3 is 0 Å². The van der Waals surface area contributed by atoms with E-state index in [0.29, 0.717) is 10.9 Å². The highest BCUT2D eigenvalue weighted by atomic mass is 32.1. The fourth-order valence-corrected chi connectivity index (χ4v) is 2.69. The molecule has 0 aliphatic carbocycles. The van der Waals surface area contributed by atoms with E-state index in [4.69, 9.17) is 0 Å². The van der Waals surface area contributed by atoms with Crippen molar-refractivity contribution in [2.24, 2.45) is 5.10 Å². The minimum absolute atomic E-state index is 0.0196.